The average Bonchev–Trinajstić information content (AvgIpc) is 3.31. The van der Waals surface area contributed by atoms with Crippen molar-refractivity contribution in [3.8, 4) is 5.82 Å². The molecule has 0 bridgehead atoms. The molecule has 2 N–H and O–H groups in total. The Morgan fingerprint density at radius 3 is 2.62 bits per heavy atom. The van der Waals surface area contributed by atoms with Crippen LogP contribution in [0.2, 0.25) is 0 Å². The maximum absolute atomic E-state index is 11.8. The second-order valence-electron chi connectivity index (χ2n) is 6.33. The van der Waals surface area contributed by atoms with E-state index in [-0.39, 0.29) is 5.91 Å². The van der Waals surface area contributed by atoms with E-state index in [1.807, 2.05) is 41.2 Å². The van der Waals surface area contributed by atoms with Gasteiger partial charge in [-0.15, -0.1) is 10.2 Å². The molecule has 6 nitrogen and oxygen atoms in total. The molecule has 0 aliphatic heterocycles. The first kappa shape index (κ1) is 16.5. The molecule has 1 aliphatic rings. The summed E-state index contributed by atoms with van der Waals surface area (Å²) in [5, 5.41) is 14.4. The maximum atomic E-state index is 11.8. The summed E-state index contributed by atoms with van der Waals surface area (Å²) in [6.45, 7) is 1.25. The van der Waals surface area contributed by atoms with Gasteiger partial charge in [-0.05, 0) is 36.6 Å². The van der Waals surface area contributed by atoms with Crippen LogP contribution in [0.25, 0.3) is 5.82 Å². The first-order valence-electron chi connectivity index (χ1n) is 8.79. The molecule has 3 rings (SSSR count). The second-order valence-corrected chi connectivity index (χ2v) is 6.33. The van der Waals surface area contributed by atoms with Crippen LogP contribution in [-0.4, -0.2) is 33.8 Å². The Balaban J connectivity index is 1.32. The smallest absolute Gasteiger partial charge is 0.220 e. The van der Waals surface area contributed by atoms with Gasteiger partial charge in [0, 0.05) is 31.9 Å². The van der Waals surface area contributed by atoms with Gasteiger partial charge in [0.25, 0.3) is 0 Å². The molecule has 1 fully saturated rings. The third-order valence-corrected chi connectivity index (χ3v) is 4.53. The standard InChI is InChI=1S/C18H25N5O/c24-18(10-7-15-5-1-2-6-15)20-12-11-19-16-8-9-17(22-21-16)23-13-3-4-14-23/h3-4,8-9,13-15H,1-2,5-7,10-12H2,(H,19,21)(H,20,24). The molecule has 0 saturated heterocycles. The predicted octanol–water partition coefficient (Wildman–Crippen LogP) is 2.77. The number of carbonyl (C=O) groups excluding carboxylic acids is 1. The Bertz CT molecular complexity index is 617. The van der Waals surface area contributed by atoms with Crippen LogP contribution in [0.5, 0.6) is 0 Å². The zero-order chi connectivity index (χ0) is 16.6. The van der Waals surface area contributed by atoms with Crippen LogP contribution in [0.4, 0.5) is 5.82 Å². The molecule has 1 amide bonds. The van der Waals surface area contributed by atoms with E-state index in [1.165, 1.54) is 25.7 Å². The Labute approximate surface area is 142 Å². The van der Waals surface area contributed by atoms with Gasteiger partial charge < -0.3 is 15.2 Å². The van der Waals surface area contributed by atoms with E-state index in [2.05, 4.69) is 20.8 Å². The Morgan fingerprint density at radius 1 is 1.12 bits per heavy atom. The molecule has 24 heavy (non-hydrogen) atoms. The van der Waals surface area contributed by atoms with Crippen LogP contribution in [0, 0.1) is 5.92 Å². The minimum atomic E-state index is 0.151. The largest absolute Gasteiger partial charge is 0.367 e. The van der Waals surface area contributed by atoms with Crippen molar-refractivity contribution in [2.45, 2.75) is 38.5 Å². The van der Waals surface area contributed by atoms with E-state index in [4.69, 9.17) is 0 Å². The molecule has 2 heterocycles. The van der Waals surface area contributed by atoms with E-state index >= 15 is 0 Å². The summed E-state index contributed by atoms with van der Waals surface area (Å²) in [4.78, 5) is 11.8. The lowest BCUT2D eigenvalue weighted by molar-refractivity contribution is -0.121. The molecule has 0 unspecified atom stereocenters. The van der Waals surface area contributed by atoms with Gasteiger partial charge >= 0.3 is 0 Å². The van der Waals surface area contributed by atoms with Crippen molar-refractivity contribution in [1.29, 1.82) is 0 Å². The SMILES string of the molecule is O=C(CCC1CCCC1)NCCNc1ccc(-n2cccc2)nn1. The highest BCUT2D eigenvalue weighted by Gasteiger charge is 2.15. The van der Waals surface area contributed by atoms with E-state index in [1.54, 1.807) is 0 Å². The molecule has 0 aromatic carbocycles. The van der Waals surface area contributed by atoms with E-state index in [9.17, 15) is 4.79 Å². The number of hydrogen-bond acceptors (Lipinski definition) is 4. The number of nitrogens with one attached hydrogen (secondary N) is 2. The molecule has 1 aliphatic carbocycles. The van der Waals surface area contributed by atoms with Gasteiger partial charge in [-0.2, -0.15) is 0 Å². The van der Waals surface area contributed by atoms with Crippen molar-refractivity contribution in [1.82, 2.24) is 20.1 Å². The molecule has 2 aromatic heterocycles. The predicted molar refractivity (Wildman–Crippen MR) is 94.1 cm³/mol. The van der Waals surface area contributed by atoms with Crippen LogP contribution in [0.15, 0.2) is 36.7 Å². The number of rotatable bonds is 8. The molecular weight excluding hydrogens is 302 g/mol. The lowest BCUT2D eigenvalue weighted by Crippen LogP contribution is -2.29. The summed E-state index contributed by atoms with van der Waals surface area (Å²) in [6.07, 6.45) is 10.8. The summed E-state index contributed by atoms with van der Waals surface area (Å²) >= 11 is 0. The zero-order valence-corrected chi connectivity index (χ0v) is 13.9. The summed E-state index contributed by atoms with van der Waals surface area (Å²) < 4.78 is 1.90. The molecule has 0 atom stereocenters. The van der Waals surface area contributed by atoms with Gasteiger partial charge in [0.15, 0.2) is 5.82 Å². The van der Waals surface area contributed by atoms with E-state index in [0.29, 0.717) is 25.3 Å². The van der Waals surface area contributed by atoms with Gasteiger partial charge in [0.2, 0.25) is 5.91 Å². The van der Waals surface area contributed by atoms with Gasteiger partial charge in [-0.3, -0.25) is 4.79 Å². The first-order chi connectivity index (χ1) is 11.8. The van der Waals surface area contributed by atoms with Crippen LogP contribution >= 0.6 is 0 Å². The quantitative estimate of drug-likeness (QED) is 0.731. The number of carbonyl (C=O) groups is 1. The van der Waals surface area contributed by atoms with Crippen molar-refractivity contribution in [3.63, 3.8) is 0 Å². The average molecular weight is 327 g/mol. The molecule has 2 aromatic rings. The number of aromatic nitrogens is 3. The van der Waals surface area contributed by atoms with Gasteiger partial charge in [-0.25, -0.2) is 0 Å². The number of nitrogens with zero attached hydrogens (tertiary/aromatic N) is 3. The highest BCUT2D eigenvalue weighted by Crippen LogP contribution is 2.28. The molecule has 0 radical (unpaired) electrons. The highest BCUT2D eigenvalue weighted by molar-refractivity contribution is 5.75. The van der Waals surface area contributed by atoms with Crippen molar-refractivity contribution in [2.75, 3.05) is 18.4 Å². The minimum absolute atomic E-state index is 0.151. The monoisotopic (exact) mass is 327 g/mol. The van der Waals surface area contributed by atoms with Crippen LogP contribution in [-0.2, 0) is 4.79 Å². The first-order valence-corrected chi connectivity index (χ1v) is 8.79. The molecule has 128 valence electrons. The fraction of sp³-hybridized carbons (Fsp3) is 0.500. The fourth-order valence-electron chi connectivity index (χ4n) is 3.16. The lowest BCUT2D eigenvalue weighted by Gasteiger charge is -2.10. The minimum Gasteiger partial charge on any atom is -0.367 e. The summed E-state index contributed by atoms with van der Waals surface area (Å²) in [7, 11) is 0. The Kier molecular flexibility index (Phi) is 5.82. The second kappa shape index (κ2) is 8.47. The summed E-state index contributed by atoms with van der Waals surface area (Å²) in [5.41, 5.74) is 0. The number of amides is 1. The van der Waals surface area contributed by atoms with Crippen molar-refractivity contribution in [3.05, 3.63) is 36.7 Å². The van der Waals surface area contributed by atoms with E-state index < -0.39 is 0 Å². The fourth-order valence-corrected chi connectivity index (χ4v) is 3.16. The molecular formula is C18H25N5O. The molecule has 0 spiro atoms. The summed E-state index contributed by atoms with van der Waals surface area (Å²) in [6, 6.07) is 7.70. The van der Waals surface area contributed by atoms with Gasteiger partial charge in [0.1, 0.15) is 5.82 Å². The van der Waals surface area contributed by atoms with Crippen LogP contribution in [0.3, 0.4) is 0 Å². The van der Waals surface area contributed by atoms with Crippen molar-refractivity contribution < 1.29 is 4.79 Å². The Morgan fingerprint density at radius 2 is 1.92 bits per heavy atom. The van der Waals surface area contributed by atoms with Crippen LogP contribution in [0.1, 0.15) is 38.5 Å². The third-order valence-electron chi connectivity index (χ3n) is 4.53. The summed E-state index contributed by atoms with van der Waals surface area (Å²) in [5.74, 6) is 2.41. The van der Waals surface area contributed by atoms with Crippen molar-refractivity contribution in [2.24, 2.45) is 5.92 Å². The third kappa shape index (κ3) is 4.81. The zero-order valence-electron chi connectivity index (χ0n) is 13.9. The van der Waals surface area contributed by atoms with Gasteiger partial charge in [-0.1, -0.05) is 25.7 Å². The molecule has 6 heteroatoms. The topological polar surface area (TPSA) is 71.8 Å². The lowest BCUT2D eigenvalue weighted by atomic mass is 10.0. The number of hydrogen-bond donors (Lipinski definition) is 2. The normalized spacial score (nSPS) is 14.7. The molecule has 1 saturated carbocycles. The van der Waals surface area contributed by atoms with Crippen molar-refractivity contribution >= 4 is 11.7 Å². The number of anilines is 1. The van der Waals surface area contributed by atoms with E-state index in [0.717, 1.165) is 18.2 Å². The van der Waals surface area contributed by atoms with Gasteiger partial charge in [0.05, 0.1) is 0 Å². The highest BCUT2D eigenvalue weighted by atomic mass is 16.1. The van der Waals surface area contributed by atoms with Crippen LogP contribution < -0.4 is 10.6 Å². The Hall–Kier alpha value is -2.37. The maximum Gasteiger partial charge on any atom is 0.220 e.